The summed E-state index contributed by atoms with van der Waals surface area (Å²) >= 11 is 0. The van der Waals surface area contributed by atoms with Gasteiger partial charge in [-0.2, -0.15) is 0 Å². The molecule has 0 aromatic carbocycles. The fourth-order valence-electron chi connectivity index (χ4n) is 5.70. The molecule has 0 radical (unpaired) electrons. The molecule has 0 aromatic heterocycles. The molecule has 0 amide bonds. The summed E-state index contributed by atoms with van der Waals surface area (Å²) in [5.41, 5.74) is 10.0. The van der Waals surface area contributed by atoms with Gasteiger partial charge < -0.3 is 15.9 Å². The minimum Gasteiger partial charge on any atom is -0.399 e. The Morgan fingerprint density at radius 3 is 2.68 bits per heavy atom. The molecule has 2 fully saturated rings. The third-order valence-corrected chi connectivity index (χ3v) is 7.18. The van der Waals surface area contributed by atoms with Crippen LogP contribution in [0.5, 0.6) is 0 Å². The van der Waals surface area contributed by atoms with Crippen molar-refractivity contribution in [1.82, 2.24) is 0 Å². The molecule has 3 heteroatoms. The Balaban J connectivity index is 1.83. The summed E-state index contributed by atoms with van der Waals surface area (Å²) in [6, 6.07) is 0. The highest BCUT2D eigenvalue weighted by atomic mass is 16.3. The van der Waals surface area contributed by atoms with Gasteiger partial charge in [0.2, 0.25) is 0 Å². The molecule has 4 rings (SSSR count). The van der Waals surface area contributed by atoms with Crippen molar-refractivity contribution >= 4 is 0 Å². The second-order valence-corrected chi connectivity index (χ2v) is 8.24. The quantitative estimate of drug-likeness (QED) is 0.603. The van der Waals surface area contributed by atoms with Gasteiger partial charge in [-0.05, 0) is 55.6 Å². The molecule has 0 bridgehead atoms. The minimum atomic E-state index is -0.379. The Hall–Kier alpha value is -1.06. The van der Waals surface area contributed by atoms with Crippen LogP contribution in [0.1, 0.15) is 46.0 Å². The molecule has 6 atom stereocenters. The smallest absolute Gasteiger partial charge is 0.0758 e. The van der Waals surface area contributed by atoms with Crippen LogP contribution in [0.15, 0.2) is 35.1 Å². The lowest BCUT2D eigenvalue weighted by molar-refractivity contribution is 0.0121. The van der Waals surface area contributed by atoms with E-state index in [-0.39, 0.29) is 23.0 Å². The largest absolute Gasteiger partial charge is 0.399 e. The first-order valence-electron chi connectivity index (χ1n) is 8.62. The van der Waals surface area contributed by atoms with Gasteiger partial charge in [-0.3, -0.25) is 0 Å². The van der Waals surface area contributed by atoms with Crippen LogP contribution >= 0.6 is 0 Å². The van der Waals surface area contributed by atoms with Crippen molar-refractivity contribution in [3.8, 4) is 0 Å². The molecule has 0 unspecified atom stereocenters. The van der Waals surface area contributed by atoms with Crippen molar-refractivity contribution in [2.24, 2.45) is 28.4 Å². The Kier molecular flexibility index (Phi) is 2.96. The lowest BCUT2D eigenvalue weighted by Gasteiger charge is -2.53. The number of hydrogen-bond acceptors (Lipinski definition) is 3. The molecule has 4 N–H and O–H groups in total. The summed E-state index contributed by atoms with van der Waals surface area (Å²) in [5.74, 6) is 0.843. The number of rotatable bonds is 0. The van der Waals surface area contributed by atoms with Crippen molar-refractivity contribution in [2.75, 3.05) is 0 Å². The molecular weight excluding hydrogens is 274 g/mol. The van der Waals surface area contributed by atoms with Crippen molar-refractivity contribution < 1.29 is 10.2 Å². The van der Waals surface area contributed by atoms with Crippen LogP contribution in [0.25, 0.3) is 0 Å². The first-order chi connectivity index (χ1) is 10.4. The molecule has 3 nitrogen and oxygen atoms in total. The predicted octanol–water partition coefficient (Wildman–Crippen LogP) is 2.65. The summed E-state index contributed by atoms with van der Waals surface area (Å²) in [6.45, 7) is 4.54. The summed E-state index contributed by atoms with van der Waals surface area (Å²) < 4.78 is 0. The monoisotopic (exact) mass is 301 g/mol. The Morgan fingerprint density at radius 1 is 1.14 bits per heavy atom. The van der Waals surface area contributed by atoms with E-state index in [1.807, 2.05) is 6.08 Å². The number of nitrogens with two attached hydrogens (primary N) is 1. The highest BCUT2D eigenvalue weighted by Gasteiger charge is 2.56. The van der Waals surface area contributed by atoms with E-state index >= 15 is 0 Å². The first kappa shape index (κ1) is 14.5. The van der Waals surface area contributed by atoms with Gasteiger partial charge in [-0.25, -0.2) is 0 Å². The van der Waals surface area contributed by atoms with E-state index in [9.17, 15) is 10.2 Å². The van der Waals surface area contributed by atoms with Gasteiger partial charge >= 0.3 is 0 Å². The molecule has 0 heterocycles. The average molecular weight is 301 g/mol. The second kappa shape index (κ2) is 4.48. The maximum absolute atomic E-state index is 10.5. The van der Waals surface area contributed by atoms with Gasteiger partial charge in [0.15, 0.2) is 0 Å². The summed E-state index contributed by atoms with van der Waals surface area (Å²) in [5, 5.41) is 20.4. The van der Waals surface area contributed by atoms with E-state index in [1.165, 1.54) is 11.1 Å². The van der Waals surface area contributed by atoms with Crippen LogP contribution in [-0.4, -0.2) is 22.4 Å². The van der Waals surface area contributed by atoms with Crippen molar-refractivity contribution in [3.05, 3.63) is 35.1 Å². The first-order valence-corrected chi connectivity index (χ1v) is 8.62. The zero-order valence-electron chi connectivity index (χ0n) is 13.5. The van der Waals surface area contributed by atoms with E-state index in [4.69, 9.17) is 5.73 Å². The highest BCUT2D eigenvalue weighted by Crippen LogP contribution is 2.62. The third kappa shape index (κ3) is 1.70. The molecule has 0 aromatic rings. The summed E-state index contributed by atoms with van der Waals surface area (Å²) in [7, 11) is 0. The topological polar surface area (TPSA) is 66.5 Å². The zero-order valence-corrected chi connectivity index (χ0v) is 13.5. The van der Waals surface area contributed by atoms with E-state index in [2.05, 4.69) is 26.0 Å². The number of aliphatic hydroxyl groups is 2. The lowest BCUT2D eigenvalue weighted by atomic mass is 9.52. The number of aliphatic hydroxyl groups excluding tert-OH is 2. The van der Waals surface area contributed by atoms with Gasteiger partial charge in [0.1, 0.15) is 0 Å². The van der Waals surface area contributed by atoms with Gasteiger partial charge in [0, 0.05) is 16.5 Å². The van der Waals surface area contributed by atoms with E-state index in [0.717, 1.165) is 31.4 Å². The molecule has 0 saturated heterocycles. The predicted molar refractivity (Wildman–Crippen MR) is 86.7 cm³/mol. The van der Waals surface area contributed by atoms with Crippen molar-refractivity contribution in [1.29, 1.82) is 0 Å². The number of allylic oxidation sites excluding steroid dienone is 3. The lowest BCUT2D eigenvalue weighted by Crippen LogP contribution is -2.47. The number of hydrogen-bond donors (Lipinski definition) is 3. The molecule has 4 aliphatic carbocycles. The molecular formula is C19H27NO2. The normalized spacial score (nSPS) is 50.3. The van der Waals surface area contributed by atoms with E-state index in [0.29, 0.717) is 18.3 Å². The fourth-order valence-corrected chi connectivity index (χ4v) is 5.70. The zero-order chi connectivity index (χ0) is 15.7. The van der Waals surface area contributed by atoms with Crippen LogP contribution in [0.3, 0.4) is 0 Å². The molecule has 0 spiro atoms. The molecule has 22 heavy (non-hydrogen) atoms. The standard InChI is InChI=1S/C19H27NO2/c1-18-7-5-12(21)9-11(18)10-15(20)17-13-3-4-16(22)19(13,2)8-6-14(17)18/h5,7,10,12-14,16,21-22H,3-4,6,8-9,20H2,1-2H3/t12-,13-,14-,16-,18-,19-/m0/s1. The fraction of sp³-hybridized carbons (Fsp3) is 0.684. The van der Waals surface area contributed by atoms with E-state index in [1.54, 1.807) is 0 Å². The second-order valence-electron chi connectivity index (χ2n) is 8.24. The van der Waals surface area contributed by atoms with Gasteiger partial charge in [0.25, 0.3) is 0 Å². The summed E-state index contributed by atoms with van der Waals surface area (Å²) in [6.07, 6.45) is 10.5. The third-order valence-electron chi connectivity index (χ3n) is 7.18. The molecule has 0 aliphatic heterocycles. The average Bonchev–Trinajstić information content (AvgIpc) is 2.77. The molecule has 4 aliphatic rings. The van der Waals surface area contributed by atoms with E-state index < -0.39 is 0 Å². The summed E-state index contributed by atoms with van der Waals surface area (Å²) in [4.78, 5) is 0. The maximum atomic E-state index is 10.5. The molecule has 2 saturated carbocycles. The Labute approximate surface area is 132 Å². The van der Waals surface area contributed by atoms with Crippen LogP contribution in [-0.2, 0) is 0 Å². The highest BCUT2D eigenvalue weighted by molar-refractivity contribution is 5.46. The number of fused-ring (bicyclic) bond motifs is 5. The van der Waals surface area contributed by atoms with Crippen molar-refractivity contribution in [2.45, 2.75) is 58.2 Å². The maximum Gasteiger partial charge on any atom is 0.0758 e. The van der Waals surface area contributed by atoms with Crippen LogP contribution in [0, 0.1) is 22.7 Å². The Morgan fingerprint density at radius 2 is 1.91 bits per heavy atom. The van der Waals surface area contributed by atoms with Crippen LogP contribution < -0.4 is 5.73 Å². The minimum absolute atomic E-state index is 0.00392. The van der Waals surface area contributed by atoms with Gasteiger partial charge in [-0.1, -0.05) is 31.6 Å². The SMILES string of the molecule is C[C@]12CC[C@H]3C(=C(N)C=C4C[C@@H](O)C=C[C@@]43C)[C@@H]1CC[C@@H]2O. The van der Waals surface area contributed by atoms with Gasteiger partial charge in [0.05, 0.1) is 12.2 Å². The van der Waals surface area contributed by atoms with Crippen LogP contribution in [0.2, 0.25) is 0 Å². The molecule has 120 valence electrons. The van der Waals surface area contributed by atoms with Crippen LogP contribution in [0.4, 0.5) is 0 Å². The Bertz CT molecular complexity index is 605. The van der Waals surface area contributed by atoms with Gasteiger partial charge in [-0.15, -0.1) is 0 Å². The van der Waals surface area contributed by atoms with Crippen molar-refractivity contribution in [3.63, 3.8) is 0 Å².